The number of fused-ring (bicyclic) bond motifs is 8. The number of aryl methyl sites for hydroxylation is 17. The van der Waals surface area contributed by atoms with E-state index in [1.165, 1.54) is 177 Å². The zero-order chi connectivity index (χ0) is 102. The van der Waals surface area contributed by atoms with Gasteiger partial charge in [0.2, 0.25) is 66.9 Å². The van der Waals surface area contributed by atoms with Crippen molar-refractivity contribution in [3.05, 3.63) is 385 Å². The first-order chi connectivity index (χ1) is 68.4. The number of rotatable bonds is 15. The zero-order valence-corrected chi connectivity index (χ0v) is 89.2. The zero-order valence-electron chi connectivity index (χ0n) is 89.2. The molecule has 11 nitrogen and oxygen atoms in total. The van der Waals surface area contributed by atoms with Crippen molar-refractivity contribution in [1.82, 2.24) is 0 Å². The van der Waals surface area contributed by atoms with Gasteiger partial charge in [-0.05, 0) is 266 Å². The number of para-hydroxylation sites is 3. The number of hydrogen-bond donors (Lipinski definition) is 0. The van der Waals surface area contributed by atoms with Crippen molar-refractivity contribution in [3.8, 4) is 108 Å². The van der Waals surface area contributed by atoms with Crippen molar-refractivity contribution in [2.24, 2.45) is 0 Å². The smallest absolute Gasteiger partial charge is 0.227 e. The molecule has 0 radical (unpaired) electrons. The topological polar surface area (TPSA) is 80.1 Å². The molecule has 0 saturated heterocycles. The number of ether oxygens (including phenoxy) is 7. The highest BCUT2D eigenvalue weighted by atomic mass is 16.5. The average molecular weight is 1890 g/mol. The van der Waals surface area contributed by atoms with Gasteiger partial charge in [0.05, 0.1) is 111 Å². The maximum Gasteiger partial charge on any atom is 0.227 e. The van der Waals surface area contributed by atoms with Crippen LogP contribution in [0.3, 0.4) is 0 Å². The number of methoxy groups -OCH3 is 7. The van der Waals surface area contributed by atoms with Crippen LogP contribution in [-0.4, -0.2) is 49.8 Å². The first kappa shape index (κ1) is 99.4. The van der Waals surface area contributed by atoms with E-state index in [1.54, 1.807) is 49.8 Å². The van der Waals surface area contributed by atoms with Crippen LogP contribution in [0.15, 0.2) is 279 Å². The van der Waals surface area contributed by atoms with Gasteiger partial charge in [0.1, 0.15) is 40.2 Å². The number of hydrogen-bond acceptors (Lipinski definition) is 7. The van der Waals surface area contributed by atoms with Crippen molar-refractivity contribution < 1.29 is 51.4 Å². The maximum atomic E-state index is 6.10. The minimum atomic E-state index is 0.0563. The predicted octanol–water partition coefficient (Wildman–Crippen LogP) is 31.6. The SMILES string of the molecule is COc1cc(C)cc(-[n+]2c3cc(C)cc(OC)c3c(-c3c(C)cc(C)cc3C)c3c(OC)cc(OC)cc32)c1.COc1cc(OC)c2c(-c3c(C)cc(C)cc3C)c3c(OC)cc(C)cc3[n+](-c3ccccc3)c2c1.Cc1cc(C)c(-c2c3cc(C)ccc3[n+](-c3ccccc3)c3ccc(C)cc23)c(C)c1.Cc1cc(C)c(-c2c3ccc(C(C)(C)C)cc3[n+](-c3ccccc3)c3cc(C(C)(C)C)ccc23)c(C)c1. The molecule has 0 aliphatic heterocycles. The number of pyridine rings is 4. The molecule has 143 heavy (non-hydrogen) atoms. The summed E-state index contributed by atoms with van der Waals surface area (Å²) in [5.74, 6) is 5.39. The number of nitrogens with zero attached hydrogens (tertiary/aromatic N) is 4. The Hall–Kier alpha value is -15.2. The Morgan fingerprint density at radius 3 is 0.755 bits per heavy atom. The fourth-order valence-corrected chi connectivity index (χ4v) is 22.3. The molecule has 0 saturated carbocycles. The van der Waals surface area contributed by atoms with Gasteiger partial charge in [-0.2, -0.15) is 18.3 Å². The Balaban J connectivity index is 0.000000131. The number of aromatic nitrogens is 4. The van der Waals surface area contributed by atoms with Crippen molar-refractivity contribution in [2.45, 2.75) is 170 Å². The first-order valence-corrected chi connectivity index (χ1v) is 49.6. The Morgan fingerprint density at radius 2 is 0.441 bits per heavy atom. The number of benzene rings is 16. The molecule has 4 aromatic heterocycles. The summed E-state index contributed by atoms with van der Waals surface area (Å²) >= 11 is 0. The van der Waals surface area contributed by atoms with Crippen LogP contribution in [0.5, 0.6) is 40.2 Å². The van der Waals surface area contributed by atoms with Crippen LogP contribution in [0.2, 0.25) is 0 Å². The van der Waals surface area contributed by atoms with E-state index in [9.17, 15) is 0 Å². The molecule has 0 N–H and O–H groups in total. The molecule has 0 unspecified atom stereocenters. The molecule has 0 aliphatic rings. The summed E-state index contributed by atoms with van der Waals surface area (Å²) in [6.45, 7) is 50.9. The highest BCUT2D eigenvalue weighted by Gasteiger charge is 2.37. The summed E-state index contributed by atoms with van der Waals surface area (Å²) in [7, 11) is 12.0. The Labute approximate surface area is 845 Å². The molecule has 11 heteroatoms. The molecule has 0 spiro atoms. The van der Waals surface area contributed by atoms with E-state index in [0.29, 0.717) is 0 Å². The van der Waals surface area contributed by atoms with Crippen LogP contribution >= 0.6 is 0 Å². The lowest BCUT2D eigenvalue weighted by Crippen LogP contribution is -2.34. The minimum Gasteiger partial charge on any atom is -0.496 e. The van der Waals surface area contributed by atoms with Gasteiger partial charge in [0, 0.05) is 113 Å². The summed E-state index contributed by atoms with van der Waals surface area (Å²) in [5.41, 5.74) is 47.4. The third-order valence-corrected chi connectivity index (χ3v) is 28.2. The third-order valence-electron chi connectivity index (χ3n) is 28.2. The van der Waals surface area contributed by atoms with Gasteiger partial charge in [0.15, 0.2) is 0 Å². The van der Waals surface area contributed by atoms with E-state index in [4.69, 9.17) is 33.2 Å². The second kappa shape index (κ2) is 40.1. The quantitative estimate of drug-likeness (QED) is 0.0747. The van der Waals surface area contributed by atoms with Crippen molar-refractivity contribution in [3.63, 3.8) is 0 Å². The highest BCUT2D eigenvalue weighted by Crippen LogP contribution is 2.51. The summed E-state index contributed by atoms with van der Waals surface area (Å²) in [6, 6.07) is 101. The summed E-state index contributed by atoms with van der Waals surface area (Å²) in [5, 5.41) is 9.28. The van der Waals surface area contributed by atoms with Crippen LogP contribution in [0.1, 0.15) is 147 Å². The van der Waals surface area contributed by atoms with E-state index in [2.05, 4.69) is 432 Å². The second-order valence-corrected chi connectivity index (χ2v) is 41.3. The standard InChI is InChI=1S/C36H40N.C34H36NO4.C32H32NO3.C30H28N/c1-23-19-24(2)33(25(3)20-23)34-29-17-15-26(35(4,5)6)21-31(29)37(28-13-11-10-12-14-28)32-22-27(36(7,8)9)16-18-30(32)34;1-19-10-22(4)31(23(5)11-19)34-32-27(14-21(3)15-29(32)38-8)35(24-12-20(2)13-25(16-24)36-6)28-17-26(37-7)18-30(39-9)33(28)34;1-19-13-21(3)29(22(4)14-19)32-30-25(15-20(2)16-27(30)35-6)33(23-11-9-8-10-12-23)26-17-24(34-5)18-28(36-7)31(26)32;1-19-11-13-27-25(17-19)30(29-22(4)15-21(3)16-23(29)5)26-18-20(2)12-14-28(26)31(27)24-9-7-6-8-10-24/h10-22H,1-9H3;10-18H,1-9H3;8-18H,1-7H3;6-18H,1-5H3/q4*+1. The van der Waals surface area contributed by atoms with Crippen molar-refractivity contribution >= 4 is 87.2 Å². The highest BCUT2D eigenvalue weighted by molar-refractivity contribution is 6.16. The van der Waals surface area contributed by atoms with Gasteiger partial charge in [-0.1, -0.05) is 202 Å². The molecule has 0 amide bonds. The predicted molar refractivity (Wildman–Crippen MR) is 597 cm³/mol. The van der Waals surface area contributed by atoms with E-state index in [-0.39, 0.29) is 10.8 Å². The van der Waals surface area contributed by atoms with Gasteiger partial charge in [-0.3, -0.25) is 0 Å². The van der Waals surface area contributed by atoms with Crippen LogP contribution in [0.4, 0.5) is 0 Å². The van der Waals surface area contributed by atoms with Crippen LogP contribution in [0.25, 0.3) is 154 Å². The van der Waals surface area contributed by atoms with Crippen molar-refractivity contribution in [2.75, 3.05) is 49.8 Å². The van der Waals surface area contributed by atoms with Crippen LogP contribution < -0.4 is 51.4 Å². The molecule has 0 atom stereocenters. The molecular formula is C132H136N4O7+4. The molecule has 0 bridgehead atoms. The van der Waals surface area contributed by atoms with Crippen LogP contribution in [0, 0.1) is 118 Å². The Morgan fingerprint density at radius 1 is 0.175 bits per heavy atom. The van der Waals surface area contributed by atoms with Gasteiger partial charge in [0.25, 0.3) is 0 Å². The molecular weight excluding hydrogens is 1750 g/mol. The first-order valence-electron chi connectivity index (χ1n) is 49.6. The van der Waals surface area contributed by atoms with E-state index in [1.807, 2.05) is 24.3 Å². The lowest BCUT2D eigenvalue weighted by molar-refractivity contribution is -0.538. The van der Waals surface area contributed by atoms with Gasteiger partial charge in [-0.25, -0.2) is 0 Å². The Bertz CT molecular complexity index is 8220. The maximum absolute atomic E-state index is 6.10. The third kappa shape index (κ3) is 19.0. The van der Waals surface area contributed by atoms with E-state index < -0.39 is 0 Å². The van der Waals surface area contributed by atoms with Gasteiger partial charge < -0.3 is 33.2 Å². The monoisotopic (exact) mass is 1890 g/mol. The summed E-state index contributed by atoms with van der Waals surface area (Å²) in [6.07, 6.45) is 0. The summed E-state index contributed by atoms with van der Waals surface area (Å²) < 4.78 is 50.9. The van der Waals surface area contributed by atoms with E-state index in [0.717, 1.165) is 123 Å². The molecule has 0 fully saturated rings. The molecule has 20 aromatic rings. The normalized spacial score (nSPS) is 11.6. The lowest BCUT2D eigenvalue weighted by Gasteiger charge is -2.22. The molecule has 4 heterocycles. The fraction of sp³-hybridized carbons (Fsp3) is 0.242. The van der Waals surface area contributed by atoms with Crippen LogP contribution in [-0.2, 0) is 10.8 Å². The second-order valence-electron chi connectivity index (χ2n) is 41.3. The Kier molecular flexibility index (Phi) is 27.8. The van der Waals surface area contributed by atoms with Gasteiger partial charge in [-0.15, -0.1) is 0 Å². The molecule has 0 aliphatic carbocycles. The largest absolute Gasteiger partial charge is 0.496 e. The van der Waals surface area contributed by atoms with E-state index >= 15 is 0 Å². The average Bonchev–Trinajstić information content (AvgIpc) is 0.717. The van der Waals surface area contributed by atoms with Crippen molar-refractivity contribution in [1.29, 1.82) is 0 Å². The minimum absolute atomic E-state index is 0.0563. The molecule has 722 valence electrons. The van der Waals surface area contributed by atoms with Gasteiger partial charge >= 0.3 is 0 Å². The molecule has 20 rings (SSSR count). The fourth-order valence-electron chi connectivity index (χ4n) is 22.3. The lowest BCUT2D eigenvalue weighted by atomic mass is 9.82. The summed E-state index contributed by atoms with van der Waals surface area (Å²) in [4.78, 5) is 0. The molecule has 16 aromatic carbocycles.